The molecule has 4 rings (SSSR count). The molecule has 0 radical (unpaired) electrons. The molecule has 0 bridgehead atoms. The molecule has 4 saturated carbocycles. The molecule has 0 amide bonds. The van der Waals surface area contributed by atoms with E-state index in [4.69, 9.17) is 0 Å². The van der Waals surface area contributed by atoms with Crippen molar-refractivity contribution in [2.24, 2.45) is 59.2 Å². The maximum Gasteiger partial charge on any atom is -0.0412 e. The molecule has 4 fully saturated rings. The van der Waals surface area contributed by atoms with E-state index in [0.717, 1.165) is 59.2 Å². The summed E-state index contributed by atoms with van der Waals surface area (Å²) in [6.07, 6.45) is 35.8. The Bertz CT molecular complexity index is 586. The average molecular weight is 617 g/mol. The lowest BCUT2D eigenvalue weighted by Gasteiger charge is -2.27. The fourth-order valence-electron chi connectivity index (χ4n) is 8.55. The standard InChI is InChI=1S/C12H24.2C11H22.C10H20/c1-10(2)4-7-12-8-5-11(3)6-9-12;1-9(2)8-11-6-4-10(3)5-7-11;1-10(2)8-9-11-6-4-3-5-7-11;1-9(2)8-10-6-4-3-5-7-10/h10-12H,4-9H2,1-3H3;9-11H,4-8H2,1-3H3;10-11H,3-9H2,1-2H3;9-10H,3-8H2,1-2H3. The molecule has 264 valence electrons. The zero-order chi connectivity index (χ0) is 32.7. The molecule has 0 saturated heterocycles. The van der Waals surface area contributed by atoms with Crippen LogP contribution in [0.4, 0.5) is 0 Å². The predicted molar refractivity (Wildman–Crippen MR) is 202 cm³/mol. The summed E-state index contributed by atoms with van der Waals surface area (Å²) in [4.78, 5) is 0. The molecule has 0 aliphatic heterocycles. The van der Waals surface area contributed by atoms with Crippen LogP contribution in [0.1, 0.15) is 223 Å². The van der Waals surface area contributed by atoms with E-state index >= 15 is 0 Å². The third kappa shape index (κ3) is 24.2. The third-order valence-electron chi connectivity index (χ3n) is 11.6. The van der Waals surface area contributed by atoms with E-state index in [2.05, 4.69) is 69.2 Å². The molecule has 44 heavy (non-hydrogen) atoms. The Balaban J connectivity index is 0.000000294. The first-order valence-corrected chi connectivity index (χ1v) is 20.9. The minimum Gasteiger partial charge on any atom is -0.0628 e. The van der Waals surface area contributed by atoms with Gasteiger partial charge in [-0.3, -0.25) is 0 Å². The van der Waals surface area contributed by atoms with E-state index < -0.39 is 0 Å². The van der Waals surface area contributed by atoms with Crippen LogP contribution < -0.4 is 0 Å². The number of hydrogen-bond acceptors (Lipinski definition) is 0. The fourth-order valence-corrected chi connectivity index (χ4v) is 8.55. The predicted octanol–water partition coefficient (Wildman–Crippen LogP) is 15.7. The van der Waals surface area contributed by atoms with Gasteiger partial charge in [0.1, 0.15) is 0 Å². The second-order valence-corrected chi connectivity index (χ2v) is 18.5. The van der Waals surface area contributed by atoms with Crippen LogP contribution in [-0.2, 0) is 0 Å². The van der Waals surface area contributed by atoms with Gasteiger partial charge in [0.25, 0.3) is 0 Å². The van der Waals surface area contributed by atoms with Crippen LogP contribution in [0.5, 0.6) is 0 Å². The van der Waals surface area contributed by atoms with Crippen molar-refractivity contribution >= 4 is 0 Å². The lowest BCUT2D eigenvalue weighted by atomic mass is 9.79. The fraction of sp³-hybridized carbons (Fsp3) is 1.00. The highest BCUT2D eigenvalue weighted by Gasteiger charge is 2.19. The minimum absolute atomic E-state index is 0.907. The number of hydrogen-bond donors (Lipinski definition) is 0. The first kappa shape index (κ1) is 42.0. The van der Waals surface area contributed by atoms with E-state index in [-0.39, 0.29) is 0 Å². The van der Waals surface area contributed by atoms with Crippen LogP contribution in [0.2, 0.25) is 0 Å². The molecular weight excluding hydrogens is 528 g/mol. The topological polar surface area (TPSA) is 0 Å². The van der Waals surface area contributed by atoms with Crippen molar-refractivity contribution in [3.63, 3.8) is 0 Å². The first-order valence-electron chi connectivity index (χ1n) is 20.9. The number of rotatable bonds is 10. The van der Waals surface area contributed by atoms with E-state index in [1.54, 1.807) is 0 Å². The smallest absolute Gasteiger partial charge is 0.0412 e. The normalized spacial score (nSPS) is 26.9. The van der Waals surface area contributed by atoms with Crippen LogP contribution in [-0.4, -0.2) is 0 Å². The van der Waals surface area contributed by atoms with Gasteiger partial charge in [-0.1, -0.05) is 210 Å². The van der Waals surface area contributed by atoms with E-state index in [1.807, 2.05) is 0 Å². The van der Waals surface area contributed by atoms with Crippen LogP contribution in [0.25, 0.3) is 0 Å². The molecule has 0 heterocycles. The van der Waals surface area contributed by atoms with E-state index in [9.17, 15) is 0 Å². The average Bonchev–Trinajstić information content (AvgIpc) is 2.98. The van der Waals surface area contributed by atoms with Gasteiger partial charge < -0.3 is 0 Å². The van der Waals surface area contributed by atoms with Crippen molar-refractivity contribution in [1.29, 1.82) is 0 Å². The first-order chi connectivity index (χ1) is 20.9. The Morgan fingerprint density at radius 1 is 0.341 bits per heavy atom. The Labute approximate surface area is 281 Å². The van der Waals surface area contributed by atoms with Crippen molar-refractivity contribution in [2.75, 3.05) is 0 Å². The Kier molecular flexibility index (Phi) is 24.8. The Hall–Kier alpha value is 0. The zero-order valence-corrected chi connectivity index (χ0v) is 32.7. The van der Waals surface area contributed by atoms with Crippen molar-refractivity contribution in [3.05, 3.63) is 0 Å². The molecule has 0 spiro atoms. The molecule has 0 unspecified atom stereocenters. The molecule has 4 aliphatic carbocycles. The van der Waals surface area contributed by atoms with Gasteiger partial charge in [-0.25, -0.2) is 0 Å². The van der Waals surface area contributed by atoms with Crippen molar-refractivity contribution in [2.45, 2.75) is 223 Å². The molecule has 0 atom stereocenters. The molecule has 0 aromatic carbocycles. The lowest BCUT2D eigenvalue weighted by molar-refractivity contribution is 0.256. The van der Waals surface area contributed by atoms with Gasteiger partial charge in [0, 0.05) is 0 Å². The van der Waals surface area contributed by atoms with Gasteiger partial charge in [-0.05, 0) is 72.0 Å². The van der Waals surface area contributed by atoms with Crippen LogP contribution in [0, 0.1) is 59.2 Å². The summed E-state index contributed by atoms with van der Waals surface area (Å²) in [5.74, 6) is 9.98. The summed E-state index contributed by atoms with van der Waals surface area (Å²) < 4.78 is 0. The second-order valence-electron chi connectivity index (χ2n) is 18.5. The summed E-state index contributed by atoms with van der Waals surface area (Å²) >= 11 is 0. The molecule has 0 nitrogen and oxygen atoms in total. The third-order valence-corrected chi connectivity index (χ3v) is 11.6. The SMILES string of the molecule is CC(C)CC1CCC(C)CC1.CC(C)CC1CCCCC1.CC(C)CCC1CCC(C)CC1.CC(C)CCC1CCCCC1. The molecule has 0 aromatic heterocycles. The second kappa shape index (κ2) is 26.0. The van der Waals surface area contributed by atoms with Gasteiger partial charge >= 0.3 is 0 Å². The van der Waals surface area contributed by atoms with E-state index in [0.29, 0.717) is 0 Å². The quantitative estimate of drug-likeness (QED) is 0.229. The van der Waals surface area contributed by atoms with Crippen LogP contribution in [0.15, 0.2) is 0 Å². The van der Waals surface area contributed by atoms with Gasteiger partial charge in [-0.2, -0.15) is 0 Å². The van der Waals surface area contributed by atoms with Crippen LogP contribution >= 0.6 is 0 Å². The monoisotopic (exact) mass is 617 g/mol. The summed E-state index contributed by atoms with van der Waals surface area (Å²) in [5.41, 5.74) is 0. The zero-order valence-electron chi connectivity index (χ0n) is 32.7. The summed E-state index contributed by atoms with van der Waals surface area (Å²) in [5, 5.41) is 0. The highest BCUT2D eigenvalue weighted by atomic mass is 14.3. The highest BCUT2D eigenvalue weighted by Crippen LogP contribution is 2.33. The Morgan fingerprint density at radius 3 is 0.977 bits per heavy atom. The molecule has 0 heteroatoms. The van der Waals surface area contributed by atoms with Crippen molar-refractivity contribution < 1.29 is 0 Å². The Morgan fingerprint density at radius 2 is 0.636 bits per heavy atom. The van der Waals surface area contributed by atoms with Crippen molar-refractivity contribution in [1.82, 2.24) is 0 Å². The molecule has 0 aromatic rings. The summed E-state index contributed by atoms with van der Waals surface area (Å²) in [6.45, 7) is 23.5. The van der Waals surface area contributed by atoms with Gasteiger partial charge in [0.2, 0.25) is 0 Å². The minimum atomic E-state index is 0.907. The summed E-state index contributed by atoms with van der Waals surface area (Å²) in [6, 6.07) is 0. The largest absolute Gasteiger partial charge is 0.0628 e. The maximum absolute atomic E-state index is 2.40. The lowest BCUT2D eigenvalue weighted by Crippen LogP contribution is -2.13. The van der Waals surface area contributed by atoms with E-state index in [1.165, 1.54) is 154 Å². The maximum atomic E-state index is 2.40. The molecular formula is C44H88. The van der Waals surface area contributed by atoms with Gasteiger partial charge in [0.15, 0.2) is 0 Å². The van der Waals surface area contributed by atoms with Crippen molar-refractivity contribution in [3.8, 4) is 0 Å². The summed E-state index contributed by atoms with van der Waals surface area (Å²) in [7, 11) is 0. The highest BCUT2D eigenvalue weighted by molar-refractivity contribution is 4.72. The van der Waals surface area contributed by atoms with Gasteiger partial charge in [0.05, 0.1) is 0 Å². The van der Waals surface area contributed by atoms with Gasteiger partial charge in [-0.15, -0.1) is 0 Å². The molecule has 4 aliphatic rings. The van der Waals surface area contributed by atoms with Crippen LogP contribution in [0.3, 0.4) is 0 Å². The molecule has 0 N–H and O–H groups in total.